The molecule has 1 saturated carbocycles. The van der Waals surface area contributed by atoms with E-state index < -0.39 is 0 Å². The molecule has 1 amide bonds. The molecule has 0 bridgehead atoms. The fourth-order valence-corrected chi connectivity index (χ4v) is 3.90. The average molecular weight is 408 g/mol. The Morgan fingerprint density at radius 1 is 1.27 bits per heavy atom. The maximum absolute atomic E-state index is 12.9. The lowest BCUT2D eigenvalue weighted by molar-refractivity contribution is -0.121. The zero-order valence-corrected chi connectivity index (χ0v) is 17.9. The molecule has 0 unspecified atom stereocenters. The number of amides is 1. The van der Waals surface area contributed by atoms with Crippen molar-refractivity contribution < 1.29 is 4.79 Å². The van der Waals surface area contributed by atoms with Crippen LogP contribution in [0.15, 0.2) is 35.1 Å². The summed E-state index contributed by atoms with van der Waals surface area (Å²) >= 11 is 0. The third-order valence-corrected chi connectivity index (χ3v) is 5.60. The van der Waals surface area contributed by atoms with Crippen molar-refractivity contribution in [1.29, 1.82) is 0 Å². The summed E-state index contributed by atoms with van der Waals surface area (Å²) in [5.74, 6) is 0.974. The number of aryl methyl sites for hydroxylation is 3. The molecule has 1 aliphatic carbocycles. The molecule has 1 fully saturated rings. The summed E-state index contributed by atoms with van der Waals surface area (Å²) in [4.78, 5) is 30.1. The van der Waals surface area contributed by atoms with Crippen LogP contribution in [0.1, 0.15) is 49.4 Å². The Morgan fingerprint density at radius 3 is 2.73 bits per heavy atom. The van der Waals surface area contributed by atoms with Crippen molar-refractivity contribution in [3.8, 4) is 0 Å². The Bertz CT molecular complexity index is 1130. The van der Waals surface area contributed by atoms with Crippen LogP contribution in [0.25, 0.3) is 10.9 Å². The van der Waals surface area contributed by atoms with Gasteiger partial charge in [-0.25, -0.2) is 4.98 Å². The quantitative estimate of drug-likeness (QED) is 0.622. The van der Waals surface area contributed by atoms with E-state index in [1.54, 1.807) is 4.57 Å². The van der Waals surface area contributed by atoms with Crippen molar-refractivity contribution in [3.05, 3.63) is 57.9 Å². The largest absolute Gasteiger partial charge is 0.356 e. The van der Waals surface area contributed by atoms with Crippen LogP contribution < -0.4 is 10.9 Å². The molecule has 0 spiro atoms. The van der Waals surface area contributed by atoms with Crippen LogP contribution >= 0.6 is 0 Å². The highest BCUT2D eigenvalue weighted by molar-refractivity contribution is 5.78. The van der Waals surface area contributed by atoms with E-state index in [9.17, 15) is 9.59 Å². The summed E-state index contributed by atoms with van der Waals surface area (Å²) in [5, 5.41) is 8.15. The Balaban J connectivity index is 1.37. The summed E-state index contributed by atoms with van der Waals surface area (Å²) in [7, 11) is 0. The van der Waals surface area contributed by atoms with E-state index in [4.69, 9.17) is 4.98 Å². The number of hydrogen-bond acceptors (Lipinski definition) is 4. The first-order valence-electron chi connectivity index (χ1n) is 10.7. The zero-order valence-electron chi connectivity index (χ0n) is 17.9. The second kappa shape index (κ2) is 8.42. The first kappa shape index (κ1) is 20.3. The van der Waals surface area contributed by atoms with E-state index in [0.717, 1.165) is 30.8 Å². The molecular weight excluding hydrogens is 378 g/mol. The monoisotopic (exact) mass is 407 g/mol. The minimum atomic E-state index is -0.0139. The number of fused-ring (bicyclic) bond motifs is 1. The highest BCUT2D eigenvalue weighted by atomic mass is 16.1. The van der Waals surface area contributed by atoms with E-state index in [2.05, 4.69) is 23.4 Å². The number of carbonyl (C=O) groups excluding carboxylic acids is 1. The second-order valence-electron chi connectivity index (χ2n) is 8.47. The molecule has 7 heteroatoms. The lowest BCUT2D eigenvalue weighted by Crippen LogP contribution is -2.31. The van der Waals surface area contributed by atoms with Gasteiger partial charge >= 0.3 is 0 Å². The van der Waals surface area contributed by atoms with Crippen molar-refractivity contribution in [2.24, 2.45) is 5.92 Å². The van der Waals surface area contributed by atoms with Crippen molar-refractivity contribution in [2.45, 2.75) is 59.0 Å². The molecule has 1 atom stereocenters. The highest BCUT2D eigenvalue weighted by Crippen LogP contribution is 2.34. The third kappa shape index (κ3) is 4.45. The number of nitrogens with one attached hydrogen (secondary N) is 1. The van der Waals surface area contributed by atoms with Gasteiger partial charge in [-0.3, -0.25) is 18.8 Å². The molecule has 2 aromatic heterocycles. The number of carbonyl (C=O) groups is 1. The number of para-hydroxylation sites is 1. The van der Waals surface area contributed by atoms with E-state index in [-0.39, 0.29) is 23.4 Å². The number of rotatable bonds is 8. The van der Waals surface area contributed by atoms with Gasteiger partial charge in [-0.1, -0.05) is 19.1 Å². The highest BCUT2D eigenvalue weighted by Gasteiger charge is 2.28. The van der Waals surface area contributed by atoms with Crippen LogP contribution in [0.3, 0.4) is 0 Å². The maximum atomic E-state index is 12.9. The lowest BCUT2D eigenvalue weighted by atomic mass is 10.1. The molecule has 3 aromatic rings. The van der Waals surface area contributed by atoms with E-state index in [1.165, 1.54) is 0 Å². The molecule has 7 nitrogen and oxygen atoms in total. The fraction of sp³-hybridized carbons (Fsp3) is 0.478. The fourth-order valence-electron chi connectivity index (χ4n) is 3.90. The molecule has 0 radical (unpaired) electrons. The van der Waals surface area contributed by atoms with Crippen LogP contribution in [0.5, 0.6) is 0 Å². The van der Waals surface area contributed by atoms with Gasteiger partial charge in [0, 0.05) is 37.7 Å². The molecule has 30 heavy (non-hydrogen) atoms. The Kier molecular flexibility index (Phi) is 5.70. The first-order valence-corrected chi connectivity index (χ1v) is 10.7. The molecule has 0 aliphatic heterocycles. The van der Waals surface area contributed by atoms with Gasteiger partial charge in [-0.05, 0) is 50.8 Å². The van der Waals surface area contributed by atoms with Gasteiger partial charge in [0.2, 0.25) is 5.91 Å². The number of hydrogen-bond donors (Lipinski definition) is 1. The van der Waals surface area contributed by atoms with Crippen LogP contribution in [-0.4, -0.2) is 31.8 Å². The zero-order chi connectivity index (χ0) is 21.3. The predicted octanol–water partition coefficient (Wildman–Crippen LogP) is 2.93. The van der Waals surface area contributed by atoms with E-state index >= 15 is 0 Å². The van der Waals surface area contributed by atoms with Crippen LogP contribution in [0.2, 0.25) is 0 Å². The normalized spacial score (nSPS) is 14.8. The van der Waals surface area contributed by atoms with Crippen LogP contribution in [0.4, 0.5) is 0 Å². The summed E-state index contributed by atoms with van der Waals surface area (Å²) < 4.78 is 3.79. The topological polar surface area (TPSA) is 81.8 Å². The molecule has 2 heterocycles. The Hall–Kier alpha value is -2.96. The van der Waals surface area contributed by atoms with E-state index in [0.29, 0.717) is 36.1 Å². The Morgan fingerprint density at radius 2 is 2.03 bits per heavy atom. The smallest absolute Gasteiger partial charge is 0.261 e. The van der Waals surface area contributed by atoms with Crippen molar-refractivity contribution in [2.75, 3.05) is 6.54 Å². The van der Waals surface area contributed by atoms with Crippen molar-refractivity contribution in [3.63, 3.8) is 0 Å². The van der Waals surface area contributed by atoms with E-state index in [1.807, 2.05) is 42.8 Å². The molecule has 1 N–H and O–H groups in total. The molecule has 4 rings (SSSR count). The van der Waals surface area contributed by atoms with Crippen LogP contribution in [0, 0.1) is 19.8 Å². The number of benzene rings is 1. The average Bonchev–Trinajstić information content (AvgIpc) is 3.50. The van der Waals surface area contributed by atoms with Gasteiger partial charge in [-0.2, -0.15) is 5.10 Å². The summed E-state index contributed by atoms with van der Waals surface area (Å²) in [6, 6.07) is 9.72. The number of nitrogens with zero attached hydrogens (tertiary/aromatic N) is 4. The SMILES string of the molecule is Cc1cc(C)n(C[C@H](C)CNC(=O)CCc2nc3ccccc3c(=O)n2C2CC2)n1. The molecule has 0 saturated heterocycles. The van der Waals surface area contributed by atoms with Crippen molar-refractivity contribution in [1.82, 2.24) is 24.6 Å². The predicted molar refractivity (Wildman–Crippen MR) is 116 cm³/mol. The third-order valence-electron chi connectivity index (χ3n) is 5.60. The lowest BCUT2D eigenvalue weighted by Gasteiger charge is -2.15. The van der Waals surface area contributed by atoms with Gasteiger partial charge in [0.1, 0.15) is 5.82 Å². The summed E-state index contributed by atoms with van der Waals surface area (Å²) in [5.41, 5.74) is 2.85. The first-order chi connectivity index (χ1) is 14.4. The number of aromatic nitrogens is 4. The summed E-state index contributed by atoms with van der Waals surface area (Å²) in [6.45, 7) is 7.50. The maximum Gasteiger partial charge on any atom is 0.261 e. The Labute approximate surface area is 176 Å². The van der Waals surface area contributed by atoms with Gasteiger partial charge in [-0.15, -0.1) is 0 Å². The van der Waals surface area contributed by atoms with Gasteiger partial charge in [0.05, 0.1) is 16.6 Å². The molecule has 1 aromatic carbocycles. The van der Waals surface area contributed by atoms with Gasteiger partial charge in [0.25, 0.3) is 5.56 Å². The molecule has 158 valence electrons. The van der Waals surface area contributed by atoms with Crippen LogP contribution in [-0.2, 0) is 17.8 Å². The second-order valence-corrected chi connectivity index (χ2v) is 8.47. The molecule has 1 aliphatic rings. The molecular formula is C23H29N5O2. The van der Waals surface area contributed by atoms with Crippen molar-refractivity contribution >= 4 is 16.8 Å². The minimum absolute atomic E-state index is 0.0111. The van der Waals surface area contributed by atoms with Gasteiger partial charge < -0.3 is 5.32 Å². The standard InChI is InChI=1S/C23H29N5O2/c1-15(14-27-17(3)12-16(2)26-27)13-24-22(29)11-10-21-25-20-7-5-4-6-19(20)23(30)28(21)18-8-9-18/h4-7,12,15,18H,8-11,13-14H2,1-3H3,(H,24,29)/t15-/m1/s1. The summed E-state index contributed by atoms with van der Waals surface area (Å²) in [6.07, 6.45) is 2.80. The van der Waals surface area contributed by atoms with Gasteiger partial charge in [0.15, 0.2) is 0 Å². The minimum Gasteiger partial charge on any atom is -0.356 e.